The van der Waals surface area contributed by atoms with Crippen LogP contribution in [-0.4, -0.2) is 27.0 Å². The van der Waals surface area contributed by atoms with Gasteiger partial charge in [0.15, 0.2) is 6.30 Å². The summed E-state index contributed by atoms with van der Waals surface area (Å²) in [6, 6.07) is 0.126. The smallest absolute Gasteiger partial charge is 0.180 e. The molecule has 1 aromatic rings. The number of aliphatic hydroxyl groups excluding tert-OH is 1. The fourth-order valence-electron chi connectivity index (χ4n) is 2.90. The molecule has 4 nitrogen and oxygen atoms in total. The lowest BCUT2D eigenvalue weighted by molar-refractivity contribution is 0.143. The number of halogens is 1. The Kier molecular flexibility index (Phi) is 2.67. The highest BCUT2D eigenvalue weighted by Gasteiger charge is 2.32. The standard InChI is InChI=1S/C12H18FN3O/c1-7-5-9-11(12(13)14-7)10-4-2-3-8(17)6-16(10)15-9/h7-8,12,14,17H,2-6H2,1H3. The van der Waals surface area contributed by atoms with Crippen molar-refractivity contribution in [2.45, 2.75) is 57.6 Å². The molecule has 0 aromatic carbocycles. The molecule has 17 heavy (non-hydrogen) atoms. The molecule has 3 heterocycles. The van der Waals surface area contributed by atoms with E-state index in [2.05, 4.69) is 10.4 Å². The van der Waals surface area contributed by atoms with Crippen LogP contribution in [0.15, 0.2) is 0 Å². The number of hydrogen-bond donors (Lipinski definition) is 2. The third-order valence-corrected chi connectivity index (χ3v) is 3.69. The minimum atomic E-state index is -1.10. The summed E-state index contributed by atoms with van der Waals surface area (Å²) in [4.78, 5) is 0. The van der Waals surface area contributed by atoms with Gasteiger partial charge in [0.2, 0.25) is 0 Å². The SMILES string of the molecule is CC1Cc2nn3c(c2C(F)N1)CCCC(O)C3. The highest BCUT2D eigenvalue weighted by Crippen LogP contribution is 2.31. The minimum Gasteiger partial charge on any atom is -0.391 e. The van der Waals surface area contributed by atoms with Crippen molar-refractivity contribution < 1.29 is 9.50 Å². The number of aliphatic hydroxyl groups is 1. The number of fused-ring (bicyclic) bond motifs is 3. The zero-order valence-electron chi connectivity index (χ0n) is 9.99. The Morgan fingerprint density at radius 2 is 2.35 bits per heavy atom. The molecule has 0 amide bonds. The molecule has 2 aliphatic rings. The van der Waals surface area contributed by atoms with Crippen molar-refractivity contribution in [3.05, 3.63) is 17.0 Å². The highest BCUT2D eigenvalue weighted by atomic mass is 19.1. The molecule has 0 saturated carbocycles. The third kappa shape index (κ3) is 1.87. The molecule has 0 radical (unpaired) electrons. The van der Waals surface area contributed by atoms with Crippen molar-refractivity contribution in [2.24, 2.45) is 0 Å². The van der Waals surface area contributed by atoms with E-state index in [1.54, 1.807) is 0 Å². The Balaban J connectivity index is 2.03. The first-order valence-corrected chi connectivity index (χ1v) is 6.32. The van der Waals surface area contributed by atoms with Gasteiger partial charge in [-0.3, -0.25) is 10.00 Å². The summed E-state index contributed by atoms with van der Waals surface area (Å²) < 4.78 is 15.9. The molecule has 2 N–H and O–H groups in total. The van der Waals surface area contributed by atoms with E-state index in [1.165, 1.54) is 0 Å². The van der Waals surface area contributed by atoms with Crippen molar-refractivity contribution in [1.29, 1.82) is 0 Å². The normalized spacial score (nSPS) is 32.8. The van der Waals surface area contributed by atoms with Gasteiger partial charge in [-0.25, -0.2) is 4.39 Å². The van der Waals surface area contributed by atoms with E-state index in [-0.39, 0.29) is 12.1 Å². The van der Waals surface area contributed by atoms with Crippen LogP contribution in [-0.2, 0) is 19.4 Å². The van der Waals surface area contributed by atoms with E-state index in [0.717, 1.165) is 42.6 Å². The average Bonchev–Trinajstić information content (AvgIpc) is 2.46. The Hall–Kier alpha value is -0.940. The summed E-state index contributed by atoms with van der Waals surface area (Å²) in [5.41, 5.74) is 2.58. The Bertz CT molecular complexity index is 432. The molecule has 94 valence electrons. The van der Waals surface area contributed by atoms with Gasteiger partial charge in [-0.15, -0.1) is 0 Å². The van der Waals surface area contributed by atoms with Crippen LogP contribution < -0.4 is 5.32 Å². The van der Waals surface area contributed by atoms with E-state index in [4.69, 9.17) is 0 Å². The molecule has 5 heteroatoms. The predicted molar refractivity (Wildman–Crippen MR) is 61.3 cm³/mol. The lowest BCUT2D eigenvalue weighted by Gasteiger charge is -2.23. The number of rotatable bonds is 0. The summed E-state index contributed by atoms with van der Waals surface area (Å²) in [7, 11) is 0. The molecular weight excluding hydrogens is 221 g/mol. The van der Waals surface area contributed by atoms with Gasteiger partial charge in [-0.05, 0) is 26.2 Å². The Labute approximate surface area is 99.8 Å². The predicted octanol–water partition coefficient (Wildman–Crippen LogP) is 1.08. The molecular formula is C12H18FN3O. The molecule has 0 spiro atoms. The Morgan fingerprint density at radius 3 is 3.18 bits per heavy atom. The van der Waals surface area contributed by atoms with Crippen LogP contribution in [0.5, 0.6) is 0 Å². The number of nitrogens with zero attached hydrogens (tertiary/aromatic N) is 2. The number of nitrogens with one attached hydrogen (secondary N) is 1. The van der Waals surface area contributed by atoms with Crippen LogP contribution in [0.1, 0.15) is 43.0 Å². The number of alkyl halides is 1. The van der Waals surface area contributed by atoms with Gasteiger partial charge in [0.25, 0.3) is 0 Å². The second-order valence-corrected chi connectivity index (χ2v) is 5.17. The molecule has 0 saturated heterocycles. The fraction of sp³-hybridized carbons (Fsp3) is 0.750. The van der Waals surface area contributed by atoms with Gasteiger partial charge in [-0.2, -0.15) is 5.10 Å². The minimum absolute atomic E-state index is 0.126. The van der Waals surface area contributed by atoms with Gasteiger partial charge >= 0.3 is 0 Å². The maximum absolute atomic E-state index is 14.1. The lowest BCUT2D eigenvalue weighted by Crippen LogP contribution is -2.35. The van der Waals surface area contributed by atoms with Crippen molar-refractivity contribution in [3.63, 3.8) is 0 Å². The molecule has 0 bridgehead atoms. The molecule has 0 fully saturated rings. The summed E-state index contributed by atoms with van der Waals surface area (Å²) in [6.07, 6.45) is 1.82. The average molecular weight is 239 g/mol. The maximum atomic E-state index is 14.1. The fourth-order valence-corrected chi connectivity index (χ4v) is 2.90. The summed E-state index contributed by atoms with van der Waals surface area (Å²) in [6.45, 7) is 2.47. The van der Waals surface area contributed by atoms with E-state index in [1.807, 2.05) is 11.6 Å². The summed E-state index contributed by atoms with van der Waals surface area (Å²) in [5.74, 6) is 0. The van der Waals surface area contributed by atoms with Crippen LogP contribution in [0.4, 0.5) is 4.39 Å². The lowest BCUT2D eigenvalue weighted by atomic mass is 9.99. The van der Waals surface area contributed by atoms with Crippen LogP contribution >= 0.6 is 0 Å². The zero-order chi connectivity index (χ0) is 12.0. The molecule has 3 atom stereocenters. The van der Waals surface area contributed by atoms with E-state index >= 15 is 0 Å². The first kappa shape index (κ1) is 11.2. The van der Waals surface area contributed by atoms with E-state index in [0.29, 0.717) is 6.54 Å². The first-order chi connectivity index (χ1) is 8.15. The molecule has 3 unspecified atom stereocenters. The van der Waals surface area contributed by atoms with Gasteiger partial charge in [0.1, 0.15) is 0 Å². The van der Waals surface area contributed by atoms with Gasteiger partial charge < -0.3 is 5.11 Å². The molecule has 1 aromatic heterocycles. The first-order valence-electron chi connectivity index (χ1n) is 6.32. The topological polar surface area (TPSA) is 50.1 Å². The highest BCUT2D eigenvalue weighted by molar-refractivity contribution is 5.32. The van der Waals surface area contributed by atoms with Gasteiger partial charge in [0.05, 0.1) is 18.3 Å². The van der Waals surface area contributed by atoms with Crippen molar-refractivity contribution in [1.82, 2.24) is 15.1 Å². The van der Waals surface area contributed by atoms with Gasteiger partial charge in [0, 0.05) is 23.7 Å². The van der Waals surface area contributed by atoms with Crippen LogP contribution in [0, 0.1) is 0 Å². The molecule has 0 aliphatic carbocycles. The zero-order valence-corrected chi connectivity index (χ0v) is 9.99. The second kappa shape index (κ2) is 4.07. The van der Waals surface area contributed by atoms with Crippen molar-refractivity contribution in [3.8, 4) is 0 Å². The largest absolute Gasteiger partial charge is 0.391 e. The summed E-state index contributed by atoms with van der Waals surface area (Å²) in [5, 5.41) is 17.1. The van der Waals surface area contributed by atoms with Crippen molar-refractivity contribution >= 4 is 0 Å². The second-order valence-electron chi connectivity index (χ2n) is 5.17. The third-order valence-electron chi connectivity index (χ3n) is 3.69. The van der Waals surface area contributed by atoms with Crippen LogP contribution in [0.3, 0.4) is 0 Å². The van der Waals surface area contributed by atoms with E-state index < -0.39 is 6.30 Å². The number of aromatic nitrogens is 2. The van der Waals surface area contributed by atoms with Crippen LogP contribution in [0.25, 0.3) is 0 Å². The monoisotopic (exact) mass is 239 g/mol. The molecule has 3 rings (SSSR count). The van der Waals surface area contributed by atoms with Crippen molar-refractivity contribution in [2.75, 3.05) is 0 Å². The molecule has 2 aliphatic heterocycles. The van der Waals surface area contributed by atoms with Gasteiger partial charge in [-0.1, -0.05) is 0 Å². The van der Waals surface area contributed by atoms with Crippen LogP contribution in [0.2, 0.25) is 0 Å². The van der Waals surface area contributed by atoms with E-state index in [9.17, 15) is 9.50 Å². The summed E-state index contributed by atoms with van der Waals surface area (Å²) >= 11 is 0. The Morgan fingerprint density at radius 1 is 1.53 bits per heavy atom. The maximum Gasteiger partial charge on any atom is 0.180 e. The quantitative estimate of drug-likeness (QED) is 0.666. The number of hydrogen-bond acceptors (Lipinski definition) is 3.